The number of fused-ring (bicyclic) bond motifs is 3. The number of rotatable bonds is 6. The van der Waals surface area contributed by atoms with Crippen molar-refractivity contribution >= 4 is 17.1 Å². The van der Waals surface area contributed by atoms with Gasteiger partial charge in [-0.15, -0.1) is 9.24 Å². The van der Waals surface area contributed by atoms with Gasteiger partial charge in [0, 0.05) is 13.5 Å². The Morgan fingerprint density at radius 1 is 1.13 bits per heavy atom. The van der Waals surface area contributed by atoms with Gasteiger partial charge in [-0.1, -0.05) is 11.5 Å². The normalized spacial score (nSPS) is 41.8. The molecule has 174 valence electrons. The highest BCUT2D eigenvalue weighted by Crippen LogP contribution is 2.51. The summed E-state index contributed by atoms with van der Waals surface area (Å²) in [5.41, 5.74) is 3.13. The smallest absolute Gasteiger partial charge is 0.139 e. The van der Waals surface area contributed by atoms with Crippen molar-refractivity contribution in [2.45, 2.75) is 82.3 Å². The topological polar surface area (TPSA) is 47.9 Å². The van der Waals surface area contributed by atoms with Crippen molar-refractivity contribution in [3.8, 4) is 0 Å². The van der Waals surface area contributed by atoms with Crippen molar-refractivity contribution in [2.24, 2.45) is 29.6 Å². The van der Waals surface area contributed by atoms with Gasteiger partial charge >= 0.3 is 0 Å². The lowest BCUT2D eigenvalue weighted by molar-refractivity contribution is -0.128. The molecule has 10 atom stereocenters. The summed E-state index contributed by atoms with van der Waals surface area (Å²) in [6.07, 6.45) is 11.8. The fraction of sp³-hybridized carbons (Fsp3) is 0.840. The van der Waals surface area contributed by atoms with Gasteiger partial charge in [-0.05, 0) is 92.7 Å². The zero-order valence-electron chi connectivity index (χ0n) is 19.9. The van der Waals surface area contributed by atoms with E-state index >= 15 is 0 Å². The summed E-state index contributed by atoms with van der Waals surface area (Å²) in [7, 11) is 8.83. The summed E-state index contributed by atoms with van der Waals surface area (Å²) >= 11 is 0. The molecule has 2 saturated carbocycles. The fourth-order valence-corrected chi connectivity index (χ4v) is 7.58. The number of aliphatic hydroxyl groups excluding tert-OH is 1. The Bertz CT molecular complexity index is 693. The quantitative estimate of drug-likeness (QED) is 0.383. The summed E-state index contributed by atoms with van der Waals surface area (Å²) in [6.45, 7) is 2.72. The van der Waals surface area contributed by atoms with Crippen LogP contribution in [-0.2, 0) is 14.2 Å². The number of hydrogen-bond acceptors (Lipinski definition) is 4. The van der Waals surface area contributed by atoms with Gasteiger partial charge in [-0.3, -0.25) is 0 Å². The summed E-state index contributed by atoms with van der Waals surface area (Å²) in [6, 6.07) is 0. The third kappa shape index (κ3) is 5.10. The molecule has 0 amide bonds. The van der Waals surface area contributed by atoms with Crippen LogP contribution in [0.2, 0.25) is 0 Å². The van der Waals surface area contributed by atoms with Crippen molar-refractivity contribution in [3.63, 3.8) is 0 Å². The minimum Gasteiger partial charge on any atom is -0.502 e. The van der Waals surface area contributed by atoms with E-state index in [-0.39, 0.29) is 18.3 Å². The van der Waals surface area contributed by atoms with Crippen LogP contribution in [0.4, 0.5) is 0 Å². The molecule has 0 heterocycles. The van der Waals surface area contributed by atoms with Crippen LogP contribution in [0, 0.1) is 29.6 Å². The van der Waals surface area contributed by atoms with Crippen LogP contribution in [0.3, 0.4) is 0 Å². The SMILES string of the molecule is BC1=C(OC)CC(COC2CC3CC[C@@H]4C=C(C(C)O)CCC4C3CC2OC)CC1P. The Hall–Kier alpha value is -0.345. The van der Waals surface area contributed by atoms with E-state index in [9.17, 15) is 5.11 Å². The molecule has 6 heteroatoms. The second-order valence-electron chi connectivity index (χ2n) is 10.6. The van der Waals surface area contributed by atoms with E-state index in [1.807, 2.05) is 14.0 Å². The second kappa shape index (κ2) is 10.3. The third-order valence-corrected chi connectivity index (χ3v) is 9.69. The molecule has 4 aliphatic rings. The number of aliphatic hydroxyl groups is 1. The second-order valence-corrected chi connectivity index (χ2v) is 11.4. The first-order valence-corrected chi connectivity index (χ1v) is 13.1. The largest absolute Gasteiger partial charge is 0.502 e. The maximum atomic E-state index is 10.0. The average Bonchev–Trinajstić information content (AvgIpc) is 2.78. The maximum Gasteiger partial charge on any atom is 0.139 e. The highest BCUT2D eigenvalue weighted by atomic mass is 31.0. The van der Waals surface area contributed by atoms with Gasteiger partial charge < -0.3 is 19.3 Å². The first-order valence-electron chi connectivity index (χ1n) is 12.4. The predicted molar refractivity (Wildman–Crippen MR) is 131 cm³/mol. The van der Waals surface area contributed by atoms with Crippen molar-refractivity contribution in [3.05, 3.63) is 22.9 Å². The Labute approximate surface area is 192 Å². The first-order chi connectivity index (χ1) is 14.9. The summed E-state index contributed by atoms with van der Waals surface area (Å²) < 4.78 is 18.2. The molecule has 0 aromatic carbocycles. The molecule has 0 aromatic rings. The molecule has 4 rings (SSSR count). The molecule has 0 aliphatic heterocycles. The highest BCUT2D eigenvalue weighted by molar-refractivity contribution is 7.18. The number of ether oxygens (including phenoxy) is 3. The van der Waals surface area contributed by atoms with Crippen LogP contribution in [-0.4, -0.2) is 57.8 Å². The lowest BCUT2D eigenvalue weighted by Gasteiger charge is -2.50. The van der Waals surface area contributed by atoms with Gasteiger partial charge in [-0.25, -0.2) is 0 Å². The molecular weight excluding hydrogens is 406 g/mol. The molecule has 0 bridgehead atoms. The van der Waals surface area contributed by atoms with Crippen molar-refractivity contribution in [1.29, 1.82) is 0 Å². The third-order valence-electron chi connectivity index (χ3n) is 8.91. The van der Waals surface area contributed by atoms with Crippen molar-refractivity contribution in [1.82, 2.24) is 0 Å². The molecule has 0 aromatic heterocycles. The number of methoxy groups -OCH3 is 2. The van der Waals surface area contributed by atoms with E-state index in [4.69, 9.17) is 14.2 Å². The van der Waals surface area contributed by atoms with Crippen LogP contribution in [0.25, 0.3) is 0 Å². The van der Waals surface area contributed by atoms with Crippen LogP contribution >= 0.6 is 9.24 Å². The van der Waals surface area contributed by atoms with E-state index in [0.29, 0.717) is 17.5 Å². The zero-order chi connectivity index (χ0) is 22.1. The summed E-state index contributed by atoms with van der Waals surface area (Å²) in [4.78, 5) is 0. The Morgan fingerprint density at radius 2 is 1.94 bits per heavy atom. The van der Waals surface area contributed by atoms with Crippen LogP contribution in [0.5, 0.6) is 0 Å². The molecular formula is C25H42BO4P. The Morgan fingerprint density at radius 3 is 2.65 bits per heavy atom. The molecule has 0 spiro atoms. The van der Waals surface area contributed by atoms with Gasteiger partial charge in [0.1, 0.15) is 7.85 Å². The summed E-state index contributed by atoms with van der Waals surface area (Å²) in [5.74, 6) is 4.58. The van der Waals surface area contributed by atoms with Gasteiger partial charge in [0.15, 0.2) is 0 Å². The standard InChI is InChI=1S/C25H42BO4P/c1-14(27)16-6-7-19-17(10-16)4-5-18-11-22(21(28-2)12-20(18)19)30-13-15-8-23(29-3)25(26)24(31)9-15/h10,14-15,17-22,24,27H,4-9,11-13,26,31H2,1-3H3/t14?,15?,17-,18?,19?,20?,21?,22?,24?/m1/s1. The lowest BCUT2D eigenvalue weighted by Crippen LogP contribution is -2.48. The van der Waals surface area contributed by atoms with Gasteiger partial charge in [-0.2, -0.15) is 0 Å². The molecule has 31 heavy (non-hydrogen) atoms. The van der Waals surface area contributed by atoms with Crippen LogP contribution in [0.15, 0.2) is 22.9 Å². The van der Waals surface area contributed by atoms with Gasteiger partial charge in [0.05, 0.1) is 37.8 Å². The van der Waals surface area contributed by atoms with Gasteiger partial charge in [0.2, 0.25) is 0 Å². The molecule has 0 saturated heterocycles. The average molecular weight is 448 g/mol. The van der Waals surface area contributed by atoms with Crippen LogP contribution in [0.1, 0.15) is 58.3 Å². The molecule has 0 radical (unpaired) electrons. The van der Waals surface area contributed by atoms with Crippen LogP contribution < -0.4 is 0 Å². The minimum atomic E-state index is -0.285. The molecule has 9 unspecified atom stereocenters. The Balaban J connectivity index is 1.37. The van der Waals surface area contributed by atoms with E-state index in [2.05, 4.69) is 23.2 Å². The molecule has 4 nitrogen and oxygen atoms in total. The first kappa shape index (κ1) is 23.8. The predicted octanol–water partition coefficient (Wildman–Crippen LogP) is 3.68. The fourth-order valence-electron chi connectivity index (χ4n) is 7.01. The van der Waals surface area contributed by atoms with E-state index in [0.717, 1.165) is 62.2 Å². The van der Waals surface area contributed by atoms with Crippen molar-refractivity contribution < 1.29 is 19.3 Å². The van der Waals surface area contributed by atoms with E-state index < -0.39 is 0 Å². The minimum absolute atomic E-state index is 0.205. The van der Waals surface area contributed by atoms with Gasteiger partial charge in [0.25, 0.3) is 0 Å². The highest BCUT2D eigenvalue weighted by Gasteiger charge is 2.46. The van der Waals surface area contributed by atoms with E-state index in [1.165, 1.54) is 30.3 Å². The number of allylic oxidation sites excluding steroid dienone is 3. The van der Waals surface area contributed by atoms with Crippen molar-refractivity contribution in [2.75, 3.05) is 20.8 Å². The number of hydrogen-bond donors (Lipinski definition) is 1. The molecule has 1 N–H and O–H groups in total. The zero-order valence-corrected chi connectivity index (χ0v) is 21.0. The monoisotopic (exact) mass is 448 g/mol. The van der Waals surface area contributed by atoms with E-state index in [1.54, 1.807) is 7.11 Å². The molecule has 2 fully saturated rings. The summed E-state index contributed by atoms with van der Waals surface area (Å²) in [5, 5.41) is 10.0. The molecule has 4 aliphatic carbocycles. The maximum absolute atomic E-state index is 10.0. The Kier molecular flexibility index (Phi) is 7.90. The lowest BCUT2D eigenvalue weighted by atomic mass is 9.57.